The van der Waals surface area contributed by atoms with Crippen LogP contribution in [0.1, 0.15) is 6.42 Å². The summed E-state index contributed by atoms with van der Waals surface area (Å²) in [5.41, 5.74) is 1.65. The highest BCUT2D eigenvalue weighted by molar-refractivity contribution is 6.31. The fourth-order valence-corrected chi connectivity index (χ4v) is 4.28. The normalized spacial score (nSPS) is 21.2. The molecule has 2 aromatic carbocycles. The molecule has 1 N–H and O–H groups in total. The van der Waals surface area contributed by atoms with Crippen LogP contribution < -0.4 is 14.7 Å². The molecule has 2 fully saturated rings. The first kappa shape index (κ1) is 18.3. The summed E-state index contributed by atoms with van der Waals surface area (Å²) in [7, 11) is 0. The van der Waals surface area contributed by atoms with Crippen molar-refractivity contribution in [3.05, 3.63) is 58.6 Å². The van der Waals surface area contributed by atoms with E-state index in [1.165, 1.54) is 4.90 Å². The Labute approximate surface area is 168 Å². The summed E-state index contributed by atoms with van der Waals surface area (Å²) >= 11 is 12.1. The largest absolute Gasteiger partial charge is 0.360 e. The second-order valence-corrected chi connectivity index (χ2v) is 7.80. The van der Waals surface area contributed by atoms with E-state index >= 15 is 0 Å². The summed E-state index contributed by atoms with van der Waals surface area (Å²) in [5.74, 6) is -0.287. The summed E-state index contributed by atoms with van der Waals surface area (Å²) in [6.07, 6.45) is 0.248. The third kappa shape index (κ3) is 3.68. The summed E-state index contributed by atoms with van der Waals surface area (Å²) in [4.78, 5) is 30.1. The summed E-state index contributed by atoms with van der Waals surface area (Å²) in [5, 5.41) is 1.23. The van der Waals surface area contributed by atoms with E-state index in [0.717, 1.165) is 41.8 Å². The molecule has 0 aliphatic carbocycles. The maximum absolute atomic E-state index is 12.9. The number of quaternary nitrogens is 1. The smallest absolute Gasteiger partial charge is 0.292 e. The highest BCUT2D eigenvalue weighted by atomic mass is 35.5. The van der Waals surface area contributed by atoms with Crippen molar-refractivity contribution in [3.8, 4) is 0 Å². The van der Waals surface area contributed by atoms with Crippen molar-refractivity contribution in [3.63, 3.8) is 0 Å². The lowest BCUT2D eigenvalue weighted by molar-refractivity contribution is -0.915. The number of anilines is 2. The van der Waals surface area contributed by atoms with Crippen LogP contribution in [0.25, 0.3) is 0 Å². The van der Waals surface area contributed by atoms with Crippen molar-refractivity contribution in [2.24, 2.45) is 0 Å². The zero-order valence-corrected chi connectivity index (χ0v) is 16.2. The van der Waals surface area contributed by atoms with E-state index in [-0.39, 0.29) is 24.3 Å². The Hall–Kier alpha value is -2.08. The molecule has 0 radical (unpaired) electrons. The van der Waals surface area contributed by atoms with Crippen molar-refractivity contribution in [1.29, 1.82) is 0 Å². The molecular weight excluding hydrogens is 385 g/mol. The van der Waals surface area contributed by atoms with E-state index < -0.39 is 0 Å². The number of hydrogen-bond donors (Lipinski definition) is 1. The Balaban J connectivity index is 1.44. The molecule has 0 bridgehead atoms. The minimum Gasteiger partial charge on any atom is -0.360 e. The van der Waals surface area contributed by atoms with E-state index in [2.05, 4.69) is 4.90 Å². The fourth-order valence-electron chi connectivity index (χ4n) is 3.91. The summed E-state index contributed by atoms with van der Waals surface area (Å²) < 4.78 is 0. The second-order valence-electron chi connectivity index (χ2n) is 6.93. The van der Waals surface area contributed by atoms with Crippen LogP contribution in [0.2, 0.25) is 10.0 Å². The van der Waals surface area contributed by atoms with Gasteiger partial charge in [-0.05, 0) is 36.4 Å². The molecule has 0 saturated carbocycles. The van der Waals surface area contributed by atoms with Crippen LogP contribution in [0.4, 0.5) is 11.4 Å². The molecule has 1 atom stereocenters. The molecule has 27 heavy (non-hydrogen) atoms. The second kappa shape index (κ2) is 7.50. The van der Waals surface area contributed by atoms with Gasteiger partial charge >= 0.3 is 0 Å². The maximum atomic E-state index is 12.9. The molecule has 1 unspecified atom stereocenters. The maximum Gasteiger partial charge on any atom is 0.292 e. The van der Waals surface area contributed by atoms with Gasteiger partial charge in [0.1, 0.15) is 0 Å². The quantitative estimate of drug-likeness (QED) is 0.796. The van der Waals surface area contributed by atoms with Gasteiger partial charge in [0.25, 0.3) is 5.91 Å². The first-order valence-electron chi connectivity index (χ1n) is 9.00. The van der Waals surface area contributed by atoms with Gasteiger partial charge < -0.3 is 9.80 Å². The van der Waals surface area contributed by atoms with Gasteiger partial charge in [-0.15, -0.1) is 0 Å². The molecule has 2 aliphatic rings. The SMILES string of the molecule is O=C1CC([NH+]2CCN(c3cccc(Cl)c3)CC2)C(=O)N1c1cccc(Cl)c1. The molecule has 2 saturated heterocycles. The van der Waals surface area contributed by atoms with Gasteiger partial charge in [-0.3, -0.25) is 9.59 Å². The number of nitrogens with zero attached hydrogens (tertiary/aromatic N) is 2. The number of halogens is 2. The zero-order chi connectivity index (χ0) is 19.0. The summed E-state index contributed by atoms with van der Waals surface area (Å²) in [6.45, 7) is 3.26. The highest BCUT2D eigenvalue weighted by Crippen LogP contribution is 2.25. The Kier molecular flexibility index (Phi) is 5.08. The zero-order valence-electron chi connectivity index (χ0n) is 14.7. The number of carbonyl (C=O) groups is 2. The molecule has 2 heterocycles. The minimum absolute atomic E-state index is 0.131. The summed E-state index contributed by atoms with van der Waals surface area (Å²) in [6, 6.07) is 14.4. The van der Waals surface area contributed by atoms with Crippen LogP contribution in [0.5, 0.6) is 0 Å². The molecular formula is C20H20Cl2N3O2+. The number of benzene rings is 2. The average Bonchev–Trinajstić information content (AvgIpc) is 2.96. The van der Waals surface area contributed by atoms with Gasteiger partial charge in [0, 0.05) is 15.7 Å². The fraction of sp³-hybridized carbons (Fsp3) is 0.300. The highest BCUT2D eigenvalue weighted by Gasteiger charge is 2.46. The Morgan fingerprint density at radius 1 is 0.889 bits per heavy atom. The monoisotopic (exact) mass is 404 g/mol. The standard InChI is InChI=1S/C20H19Cl2N3O2/c21-14-3-1-5-16(11-14)23-7-9-24(10-8-23)18-13-19(26)25(20(18)27)17-6-2-4-15(22)12-17/h1-6,11-12,18H,7-10,13H2/p+1. The third-order valence-corrected chi connectivity index (χ3v) is 5.76. The van der Waals surface area contributed by atoms with E-state index in [0.29, 0.717) is 10.7 Å². The first-order valence-corrected chi connectivity index (χ1v) is 9.76. The molecule has 0 aromatic heterocycles. The lowest BCUT2D eigenvalue weighted by Crippen LogP contribution is -3.19. The van der Waals surface area contributed by atoms with Gasteiger partial charge in [-0.25, -0.2) is 4.90 Å². The Morgan fingerprint density at radius 3 is 2.11 bits per heavy atom. The van der Waals surface area contributed by atoms with Crippen molar-refractivity contribution in [2.75, 3.05) is 36.0 Å². The average molecular weight is 405 g/mol. The van der Waals surface area contributed by atoms with Crippen LogP contribution in [-0.2, 0) is 9.59 Å². The first-order chi connectivity index (χ1) is 13.0. The third-order valence-electron chi connectivity index (χ3n) is 5.28. The number of rotatable bonds is 3. The van der Waals surface area contributed by atoms with E-state index in [1.54, 1.807) is 24.3 Å². The van der Waals surface area contributed by atoms with Crippen molar-refractivity contribution in [2.45, 2.75) is 12.5 Å². The molecule has 0 spiro atoms. The van der Waals surface area contributed by atoms with Gasteiger partial charge in [-0.2, -0.15) is 0 Å². The van der Waals surface area contributed by atoms with Crippen LogP contribution in [-0.4, -0.2) is 44.0 Å². The Bertz CT molecular complexity index is 881. The van der Waals surface area contributed by atoms with Gasteiger partial charge in [0.15, 0.2) is 6.04 Å². The van der Waals surface area contributed by atoms with Crippen LogP contribution in [0.15, 0.2) is 48.5 Å². The van der Waals surface area contributed by atoms with Crippen LogP contribution >= 0.6 is 23.2 Å². The van der Waals surface area contributed by atoms with Crippen molar-refractivity contribution >= 4 is 46.4 Å². The number of amides is 2. The molecule has 140 valence electrons. The lowest BCUT2D eigenvalue weighted by atomic mass is 10.1. The number of hydrogen-bond acceptors (Lipinski definition) is 3. The van der Waals surface area contributed by atoms with Gasteiger partial charge in [0.2, 0.25) is 5.91 Å². The predicted octanol–water partition coefficient (Wildman–Crippen LogP) is 2.03. The van der Waals surface area contributed by atoms with E-state index in [4.69, 9.17) is 23.2 Å². The number of carbonyl (C=O) groups excluding carboxylic acids is 2. The number of imide groups is 1. The molecule has 2 aromatic rings. The van der Waals surface area contributed by atoms with Crippen molar-refractivity contribution < 1.29 is 14.5 Å². The van der Waals surface area contributed by atoms with Gasteiger partial charge in [-0.1, -0.05) is 35.3 Å². The molecule has 2 aliphatic heterocycles. The number of nitrogens with one attached hydrogen (secondary N) is 1. The lowest BCUT2D eigenvalue weighted by Gasteiger charge is -2.35. The van der Waals surface area contributed by atoms with E-state index in [9.17, 15) is 9.59 Å². The van der Waals surface area contributed by atoms with Gasteiger partial charge in [0.05, 0.1) is 38.3 Å². The molecule has 2 amide bonds. The van der Waals surface area contributed by atoms with E-state index in [1.807, 2.05) is 24.3 Å². The molecule has 4 rings (SSSR count). The Morgan fingerprint density at radius 2 is 1.48 bits per heavy atom. The number of piperazine rings is 1. The van der Waals surface area contributed by atoms with Crippen LogP contribution in [0.3, 0.4) is 0 Å². The van der Waals surface area contributed by atoms with Crippen molar-refractivity contribution in [1.82, 2.24) is 0 Å². The predicted molar refractivity (Wildman–Crippen MR) is 107 cm³/mol. The molecule has 7 heteroatoms. The topological polar surface area (TPSA) is 45.1 Å². The van der Waals surface area contributed by atoms with Crippen LogP contribution in [0, 0.1) is 0 Å². The molecule has 5 nitrogen and oxygen atoms in total. The minimum atomic E-state index is -0.321.